The van der Waals surface area contributed by atoms with Crippen LogP contribution >= 0.6 is 0 Å². The number of benzene rings is 2. The summed E-state index contributed by atoms with van der Waals surface area (Å²) >= 11 is 0. The maximum atomic E-state index is 12.3. The summed E-state index contributed by atoms with van der Waals surface area (Å²) in [6.07, 6.45) is -0.582. The molecule has 0 aromatic heterocycles. The highest BCUT2D eigenvalue weighted by atomic mass is 16.5. The van der Waals surface area contributed by atoms with Crippen molar-refractivity contribution in [3.05, 3.63) is 48.0 Å². The van der Waals surface area contributed by atoms with E-state index in [1.807, 2.05) is 44.2 Å². The van der Waals surface area contributed by atoms with Gasteiger partial charge in [-0.05, 0) is 50.6 Å². The minimum atomic E-state index is -0.637. The summed E-state index contributed by atoms with van der Waals surface area (Å²) in [6, 6.07) is 12.7. The fourth-order valence-corrected chi connectivity index (χ4v) is 2.44. The van der Waals surface area contributed by atoms with Gasteiger partial charge in [0.15, 0.2) is 17.6 Å². The summed E-state index contributed by atoms with van der Waals surface area (Å²) < 4.78 is 21.9. The standard InChI is InChI=1S/C21H27NO5/c1-14(2)26-19-10-9-16(11-20(19)25-5)13-22-21(23)15(3)27-18-8-6-7-17(12-18)24-4/h6-12,14-15H,13H2,1-5H3,(H,22,23). The number of rotatable bonds is 9. The van der Waals surface area contributed by atoms with Crippen molar-refractivity contribution in [2.45, 2.75) is 39.5 Å². The lowest BCUT2D eigenvalue weighted by Crippen LogP contribution is -2.35. The van der Waals surface area contributed by atoms with E-state index >= 15 is 0 Å². The zero-order valence-electron chi connectivity index (χ0n) is 16.4. The Hall–Kier alpha value is -2.89. The lowest BCUT2D eigenvalue weighted by atomic mass is 10.2. The van der Waals surface area contributed by atoms with Gasteiger partial charge in [-0.15, -0.1) is 0 Å². The predicted molar refractivity (Wildman–Crippen MR) is 104 cm³/mol. The molecule has 1 unspecified atom stereocenters. The molecule has 2 rings (SSSR count). The highest BCUT2D eigenvalue weighted by Gasteiger charge is 2.15. The number of amides is 1. The zero-order chi connectivity index (χ0) is 19.8. The van der Waals surface area contributed by atoms with E-state index in [9.17, 15) is 4.79 Å². The third-order valence-corrected chi connectivity index (χ3v) is 3.78. The van der Waals surface area contributed by atoms with Crippen molar-refractivity contribution in [2.24, 2.45) is 0 Å². The molecule has 2 aromatic rings. The van der Waals surface area contributed by atoms with Crippen molar-refractivity contribution < 1.29 is 23.7 Å². The smallest absolute Gasteiger partial charge is 0.261 e. The van der Waals surface area contributed by atoms with Crippen LogP contribution in [0.2, 0.25) is 0 Å². The minimum Gasteiger partial charge on any atom is -0.497 e. The van der Waals surface area contributed by atoms with Gasteiger partial charge in [0.2, 0.25) is 0 Å². The molecule has 0 bridgehead atoms. The molecule has 0 saturated carbocycles. The van der Waals surface area contributed by atoms with Crippen LogP contribution in [-0.2, 0) is 11.3 Å². The van der Waals surface area contributed by atoms with Crippen LogP contribution in [0.4, 0.5) is 0 Å². The Balaban J connectivity index is 1.93. The molecule has 6 nitrogen and oxygen atoms in total. The molecule has 1 atom stereocenters. The van der Waals surface area contributed by atoms with E-state index in [0.717, 1.165) is 5.56 Å². The Morgan fingerprint density at radius 2 is 1.67 bits per heavy atom. The molecule has 0 radical (unpaired) electrons. The molecule has 27 heavy (non-hydrogen) atoms. The number of nitrogens with one attached hydrogen (secondary N) is 1. The van der Waals surface area contributed by atoms with E-state index in [1.165, 1.54) is 0 Å². The summed E-state index contributed by atoms with van der Waals surface area (Å²) in [5, 5.41) is 2.87. The first kappa shape index (κ1) is 20.4. The number of methoxy groups -OCH3 is 2. The molecule has 0 heterocycles. The van der Waals surface area contributed by atoms with Crippen LogP contribution in [-0.4, -0.2) is 32.3 Å². The van der Waals surface area contributed by atoms with Crippen LogP contribution < -0.4 is 24.3 Å². The highest BCUT2D eigenvalue weighted by molar-refractivity contribution is 5.80. The molecule has 146 valence electrons. The first-order valence-corrected chi connectivity index (χ1v) is 8.85. The van der Waals surface area contributed by atoms with E-state index in [4.69, 9.17) is 18.9 Å². The molecule has 0 aliphatic rings. The summed E-state index contributed by atoms with van der Waals surface area (Å²) in [5.74, 6) is 2.36. The van der Waals surface area contributed by atoms with Gasteiger partial charge in [-0.25, -0.2) is 0 Å². The molecule has 0 aliphatic heterocycles. The van der Waals surface area contributed by atoms with Crippen LogP contribution in [0, 0.1) is 0 Å². The van der Waals surface area contributed by atoms with Gasteiger partial charge in [-0.3, -0.25) is 4.79 Å². The van der Waals surface area contributed by atoms with Crippen molar-refractivity contribution >= 4 is 5.91 Å². The van der Waals surface area contributed by atoms with Gasteiger partial charge in [0.1, 0.15) is 11.5 Å². The predicted octanol–water partition coefficient (Wildman–Crippen LogP) is 3.57. The largest absolute Gasteiger partial charge is 0.497 e. The van der Waals surface area contributed by atoms with E-state index < -0.39 is 6.10 Å². The Bertz CT molecular complexity index is 760. The summed E-state index contributed by atoms with van der Waals surface area (Å²) in [5.41, 5.74) is 0.907. The number of hydrogen-bond acceptors (Lipinski definition) is 5. The molecular formula is C21H27NO5. The molecule has 6 heteroatoms. The van der Waals surface area contributed by atoms with Crippen LogP contribution in [0.15, 0.2) is 42.5 Å². The third-order valence-electron chi connectivity index (χ3n) is 3.78. The number of ether oxygens (including phenoxy) is 4. The fraction of sp³-hybridized carbons (Fsp3) is 0.381. The maximum absolute atomic E-state index is 12.3. The number of carbonyl (C=O) groups excluding carboxylic acids is 1. The van der Waals surface area contributed by atoms with Crippen LogP contribution in [0.5, 0.6) is 23.0 Å². The second-order valence-corrected chi connectivity index (χ2v) is 6.31. The van der Waals surface area contributed by atoms with E-state index in [1.54, 1.807) is 33.3 Å². The fourth-order valence-electron chi connectivity index (χ4n) is 2.44. The molecule has 1 N–H and O–H groups in total. The molecule has 1 amide bonds. The first-order valence-electron chi connectivity index (χ1n) is 8.85. The lowest BCUT2D eigenvalue weighted by Gasteiger charge is -2.16. The van der Waals surface area contributed by atoms with Crippen molar-refractivity contribution in [3.63, 3.8) is 0 Å². The van der Waals surface area contributed by atoms with E-state index in [2.05, 4.69) is 5.32 Å². The highest BCUT2D eigenvalue weighted by Crippen LogP contribution is 2.29. The summed E-state index contributed by atoms with van der Waals surface area (Å²) in [6.45, 7) is 5.98. The first-order chi connectivity index (χ1) is 12.9. The van der Waals surface area contributed by atoms with Gasteiger partial charge in [-0.1, -0.05) is 12.1 Å². The van der Waals surface area contributed by atoms with Gasteiger partial charge in [0.25, 0.3) is 5.91 Å². The Labute approximate surface area is 160 Å². The van der Waals surface area contributed by atoms with Gasteiger partial charge in [0, 0.05) is 12.6 Å². The topological polar surface area (TPSA) is 66.0 Å². The normalized spacial score (nSPS) is 11.6. The average Bonchev–Trinajstić information content (AvgIpc) is 2.66. The SMILES string of the molecule is COc1cccc(OC(C)C(=O)NCc2ccc(OC(C)C)c(OC)c2)c1. The van der Waals surface area contributed by atoms with Gasteiger partial charge in [-0.2, -0.15) is 0 Å². The van der Waals surface area contributed by atoms with Gasteiger partial charge in [0.05, 0.1) is 20.3 Å². The second kappa shape index (κ2) is 9.71. The van der Waals surface area contributed by atoms with Crippen molar-refractivity contribution in [3.8, 4) is 23.0 Å². The van der Waals surface area contributed by atoms with Crippen LogP contribution in [0.25, 0.3) is 0 Å². The summed E-state index contributed by atoms with van der Waals surface area (Å²) in [7, 11) is 3.18. The quantitative estimate of drug-likeness (QED) is 0.728. The molecular weight excluding hydrogens is 346 g/mol. The van der Waals surface area contributed by atoms with Crippen LogP contribution in [0.1, 0.15) is 26.3 Å². The lowest BCUT2D eigenvalue weighted by molar-refractivity contribution is -0.127. The molecule has 0 spiro atoms. The second-order valence-electron chi connectivity index (χ2n) is 6.31. The van der Waals surface area contributed by atoms with Gasteiger partial charge >= 0.3 is 0 Å². The Kier molecular flexibility index (Phi) is 7.34. The maximum Gasteiger partial charge on any atom is 0.261 e. The number of carbonyl (C=O) groups is 1. The van der Waals surface area contributed by atoms with E-state index in [-0.39, 0.29) is 12.0 Å². The van der Waals surface area contributed by atoms with Crippen molar-refractivity contribution in [1.82, 2.24) is 5.32 Å². The zero-order valence-corrected chi connectivity index (χ0v) is 16.4. The van der Waals surface area contributed by atoms with Gasteiger partial charge < -0.3 is 24.3 Å². The Morgan fingerprint density at radius 1 is 0.926 bits per heavy atom. The Morgan fingerprint density at radius 3 is 2.33 bits per heavy atom. The molecule has 0 aliphatic carbocycles. The molecule has 2 aromatic carbocycles. The van der Waals surface area contributed by atoms with Crippen molar-refractivity contribution in [1.29, 1.82) is 0 Å². The summed E-state index contributed by atoms with van der Waals surface area (Å²) in [4.78, 5) is 12.3. The van der Waals surface area contributed by atoms with Crippen molar-refractivity contribution in [2.75, 3.05) is 14.2 Å². The van der Waals surface area contributed by atoms with E-state index in [0.29, 0.717) is 29.5 Å². The molecule has 0 fully saturated rings. The number of hydrogen-bond donors (Lipinski definition) is 1. The minimum absolute atomic E-state index is 0.0547. The average molecular weight is 373 g/mol. The van der Waals surface area contributed by atoms with Crippen LogP contribution in [0.3, 0.4) is 0 Å². The third kappa shape index (κ3) is 6.09. The monoisotopic (exact) mass is 373 g/mol. The molecule has 0 saturated heterocycles.